The van der Waals surface area contributed by atoms with E-state index in [0.717, 1.165) is 24.2 Å². The van der Waals surface area contributed by atoms with Gasteiger partial charge in [-0.2, -0.15) is 5.10 Å². The summed E-state index contributed by atoms with van der Waals surface area (Å²) >= 11 is 0. The van der Waals surface area contributed by atoms with E-state index in [1.807, 2.05) is 24.3 Å². The summed E-state index contributed by atoms with van der Waals surface area (Å²) in [6, 6.07) is 7.52. The van der Waals surface area contributed by atoms with Crippen LogP contribution in [0.2, 0.25) is 0 Å². The Morgan fingerprint density at radius 1 is 1.12 bits per heavy atom. The molecule has 0 atom stereocenters. The van der Waals surface area contributed by atoms with E-state index < -0.39 is 0 Å². The van der Waals surface area contributed by atoms with Crippen molar-refractivity contribution in [1.29, 1.82) is 0 Å². The van der Waals surface area contributed by atoms with E-state index in [1.54, 1.807) is 12.3 Å². The average molecular weight is 330 g/mol. The maximum atomic E-state index is 11.7. The van der Waals surface area contributed by atoms with Crippen LogP contribution in [0.15, 0.2) is 42.0 Å². The summed E-state index contributed by atoms with van der Waals surface area (Å²) in [5.74, 6) is 0.765. The van der Waals surface area contributed by atoms with E-state index in [9.17, 15) is 4.79 Å². The zero-order valence-electron chi connectivity index (χ0n) is 14.8. The number of carbonyl (C=O) groups excluding carboxylic acids is 1. The Labute approximate surface area is 146 Å². The summed E-state index contributed by atoms with van der Waals surface area (Å²) in [6.45, 7) is 6.31. The topological polar surface area (TPSA) is 50.7 Å². The number of amides is 1. The molecular formula is C20H30N2O2. The highest BCUT2D eigenvalue weighted by Crippen LogP contribution is 2.11. The number of rotatable bonds is 13. The summed E-state index contributed by atoms with van der Waals surface area (Å²) < 4.78 is 5.41. The third kappa shape index (κ3) is 9.82. The molecule has 0 fully saturated rings. The van der Waals surface area contributed by atoms with Gasteiger partial charge >= 0.3 is 0 Å². The number of hydrazone groups is 1. The Hall–Kier alpha value is -2.10. The Balaban J connectivity index is 2.14. The van der Waals surface area contributed by atoms with Crippen molar-refractivity contribution in [3.05, 3.63) is 42.5 Å². The Kier molecular flexibility index (Phi) is 11.1. The Morgan fingerprint density at radius 2 is 1.79 bits per heavy atom. The molecule has 1 amide bonds. The molecule has 1 aromatic carbocycles. The van der Waals surface area contributed by atoms with Gasteiger partial charge in [-0.3, -0.25) is 4.79 Å². The highest BCUT2D eigenvalue weighted by atomic mass is 16.5. The minimum absolute atomic E-state index is 0.0225. The molecule has 0 saturated carbocycles. The smallest absolute Gasteiger partial charge is 0.240 e. The van der Waals surface area contributed by atoms with Crippen LogP contribution in [0.1, 0.15) is 63.9 Å². The molecule has 4 heteroatoms. The Morgan fingerprint density at radius 3 is 2.46 bits per heavy atom. The van der Waals surface area contributed by atoms with Gasteiger partial charge in [0, 0.05) is 6.42 Å². The van der Waals surface area contributed by atoms with E-state index in [0.29, 0.717) is 13.0 Å². The number of nitrogens with zero attached hydrogens (tertiary/aromatic N) is 1. The van der Waals surface area contributed by atoms with Crippen molar-refractivity contribution in [2.45, 2.75) is 58.3 Å². The molecule has 1 rings (SSSR count). The minimum Gasteiger partial charge on any atom is -0.490 e. The average Bonchev–Trinajstić information content (AvgIpc) is 2.60. The fraction of sp³-hybridized carbons (Fsp3) is 0.500. The van der Waals surface area contributed by atoms with Gasteiger partial charge in [-0.05, 0) is 36.2 Å². The highest BCUT2D eigenvalue weighted by molar-refractivity contribution is 5.82. The molecule has 0 aliphatic carbocycles. The van der Waals surface area contributed by atoms with Crippen molar-refractivity contribution in [2.24, 2.45) is 5.10 Å². The molecule has 0 aromatic heterocycles. The summed E-state index contributed by atoms with van der Waals surface area (Å²) in [4.78, 5) is 11.7. The maximum absolute atomic E-state index is 11.7. The first-order chi connectivity index (χ1) is 11.8. The standard InChI is InChI=1S/C20H30N2O2/c1-3-5-6-7-8-9-10-11-20(23)22-21-17-18-12-14-19(15-13-18)24-16-4-2/h4,12-15,17H,2-3,5-11,16H2,1H3,(H,22,23)/b21-17-. The predicted molar refractivity (Wildman–Crippen MR) is 100 cm³/mol. The molecule has 0 aliphatic heterocycles. The quantitative estimate of drug-likeness (QED) is 0.243. The molecule has 132 valence electrons. The number of unbranched alkanes of at least 4 members (excludes halogenated alkanes) is 6. The van der Waals surface area contributed by atoms with Gasteiger partial charge in [0.05, 0.1) is 6.21 Å². The molecular weight excluding hydrogens is 300 g/mol. The molecule has 1 aromatic rings. The van der Waals surface area contributed by atoms with Crippen LogP contribution in [0.25, 0.3) is 0 Å². The zero-order valence-corrected chi connectivity index (χ0v) is 14.8. The van der Waals surface area contributed by atoms with Crippen molar-refractivity contribution in [3.8, 4) is 5.75 Å². The van der Waals surface area contributed by atoms with E-state index in [2.05, 4.69) is 24.0 Å². The first-order valence-corrected chi connectivity index (χ1v) is 8.92. The molecule has 24 heavy (non-hydrogen) atoms. The monoisotopic (exact) mass is 330 g/mol. The second-order valence-electron chi connectivity index (χ2n) is 5.83. The highest BCUT2D eigenvalue weighted by Gasteiger charge is 1.99. The van der Waals surface area contributed by atoms with Gasteiger partial charge in [0.15, 0.2) is 0 Å². The second kappa shape index (κ2) is 13.3. The molecule has 0 bridgehead atoms. The maximum Gasteiger partial charge on any atom is 0.240 e. The van der Waals surface area contributed by atoms with Gasteiger partial charge in [0.2, 0.25) is 5.91 Å². The lowest BCUT2D eigenvalue weighted by Crippen LogP contribution is -2.16. The SMILES string of the molecule is C=CCOc1ccc(/C=N\NC(=O)CCCCCCCCC)cc1. The number of hydrogen-bond donors (Lipinski definition) is 1. The number of ether oxygens (including phenoxy) is 1. The van der Waals surface area contributed by atoms with Gasteiger partial charge in [-0.25, -0.2) is 5.43 Å². The van der Waals surface area contributed by atoms with Crippen molar-refractivity contribution in [2.75, 3.05) is 6.61 Å². The first kappa shape index (κ1) is 19.9. The number of nitrogens with one attached hydrogen (secondary N) is 1. The molecule has 0 aliphatic rings. The normalized spacial score (nSPS) is 10.7. The Bertz CT molecular complexity index is 495. The molecule has 0 spiro atoms. The molecule has 0 saturated heterocycles. The van der Waals surface area contributed by atoms with Gasteiger partial charge < -0.3 is 4.74 Å². The fourth-order valence-electron chi connectivity index (χ4n) is 2.28. The van der Waals surface area contributed by atoms with Crippen molar-refractivity contribution in [1.82, 2.24) is 5.43 Å². The summed E-state index contributed by atoms with van der Waals surface area (Å²) in [5, 5.41) is 3.99. The van der Waals surface area contributed by atoms with Crippen LogP contribution in [0, 0.1) is 0 Å². The number of hydrogen-bond acceptors (Lipinski definition) is 3. The third-order valence-corrected chi connectivity index (χ3v) is 3.66. The van der Waals surface area contributed by atoms with Crippen LogP contribution < -0.4 is 10.2 Å². The van der Waals surface area contributed by atoms with Crippen LogP contribution in [-0.2, 0) is 4.79 Å². The van der Waals surface area contributed by atoms with Gasteiger partial charge in [0.1, 0.15) is 12.4 Å². The zero-order chi connectivity index (χ0) is 17.5. The molecule has 0 radical (unpaired) electrons. The van der Waals surface area contributed by atoms with Crippen molar-refractivity contribution < 1.29 is 9.53 Å². The van der Waals surface area contributed by atoms with Crippen LogP contribution in [0.4, 0.5) is 0 Å². The minimum atomic E-state index is -0.0225. The molecule has 0 heterocycles. The van der Waals surface area contributed by atoms with Crippen LogP contribution in [-0.4, -0.2) is 18.7 Å². The summed E-state index contributed by atoms with van der Waals surface area (Å²) in [5.41, 5.74) is 3.49. The molecule has 4 nitrogen and oxygen atoms in total. The van der Waals surface area contributed by atoms with Crippen molar-refractivity contribution in [3.63, 3.8) is 0 Å². The molecule has 0 unspecified atom stereocenters. The van der Waals surface area contributed by atoms with E-state index in [-0.39, 0.29) is 5.91 Å². The first-order valence-electron chi connectivity index (χ1n) is 8.92. The van der Waals surface area contributed by atoms with E-state index >= 15 is 0 Å². The van der Waals surface area contributed by atoms with Crippen LogP contribution in [0.3, 0.4) is 0 Å². The van der Waals surface area contributed by atoms with Crippen LogP contribution in [0.5, 0.6) is 5.75 Å². The third-order valence-electron chi connectivity index (χ3n) is 3.66. The van der Waals surface area contributed by atoms with E-state index in [4.69, 9.17) is 4.74 Å². The van der Waals surface area contributed by atoms with Crippen molar-refractivity contribution >= 4 is 12.1 Å². The van der Waals surface area contributed by atoms with Gasteiger partial charge in [-0.15, -0.1) is 0 Å². The predicted octanol–water partition coefficient (Wildman–Crippen LogP) is 4.84. The molecule has 1 N–H and O–H groups in total. The number of benzene rings is 1. The van der Waals surface area contributed by atoms with Gasteiger partial charge in [0.25, 0.3) is 0 Å². The summed E-state index contributed by atoms with van der Waals surface area (Å²) in [6.07, 6.45) is 12.3. The summed E-state index contributed by atoms with van der Waals surface area (Å²) in [7, 11) is 0. The second-order valence-corrected chi connectivity index (χ2v) is 5.83. The van der Waals surface area contributed by atoms with Gasteiger partial charge in [-0.1, -0.05) is 58.1 Å². The fourth-order valence-corrected chi connectivity index (χ4v) is 2.28. The lowest BCUT2D eigenvalue weighted by molar-refractivity contribution is -0.121. The largest absolute Gasteiger partial charge is 0.490 e. The lowest BCUT2D eigenvalue weighted by Gasteiger charge is -2.03. The van der Waals surface area contributed by atoms with E-state index in [1.165, 1.54) is 32.1 Å². The lowest BCUT2D eigenvalue weighted by atomic mass is 10.1. The van der Waals surface area contributed by atoms with Crippen LogP contribution >= 0.6 is 0 Å². The number of carbonyl (C=O) groups is 1.